The van der Waals surface area contributed by atoms with E-state index in [2.05, 4.69) is 0 Å². The largest absolute Gasteiger partial charge is 0.487 e. The van der Waals surface area contributed by atoms with E-state index in [0.29, 0.717) is 28.0 Å². The maximum absolute atomic E-state index is 7.31. The molecule has 0 saturated carbocycles. The third kappa shape index (κ3) is 3.63. The summed E-state index contributed by atoms with van der Waals surface area (Å²) < 4.78 is 5.60. The second-order valence-electron chi connectivity index (χ2n) is 3.97. The molecule has 19 heavy (non-hydrogen) atoms. The molecule has 0 spiro atoms. The fourth-order valence-corrected chi connectivity index (χ4v) is 1.86. The molecule has 0 aliphatic heterocycles. The molecule has 3 N–H and O–H groups in total. The van der Waals surface area contributed by atoms with Gasteiger partial charge in [-0.2, -0.15) is 0 Å². The Hall–Kier alpha value is -1.71. The fraction of sp³-hybridized carbons (Fsp3) is 0.0714. The standard InChI is InChI=1S/C14H12Cl2N2O/c15-11-5-6-12(16)13(7-11)19-8-9-1-3-10(4-2-9)14(17)18/h1-7H,8H2,(H3,17,18). The van der Waals surface area contributed by atoms with E-state index in [1.165, 1.54) is 0 Å². The molecule has 0 aliphatic carbocycles. The first-order valence-corrected chi connectivity index (χ1v) is 6.33. The smallest absolute Gasteiger partial charge is 0.139 e. The molecule has 0 heterocycles. The second-order valence-corrected chi connectivity index (χ2v) is 4.82. The summed E-state index contributed by atoms with van der Waals surface area (Å²) in [4.78, 5) is 0. The lowest BCUT2D eigenvalue weighted by Crippen LogP contribution is -2.10. The molecule has 0 atom stereocenters. The molecule has 2 rings (SSSR count). The van der Waals surface area contributed by atoms with Crippen LogP contribution in [0.15, 0.2) is 42.5 Å². The average Bonchev–Trinajstić information content (AvgIpc) is 2.40. The van der Waals surface area contributed by atoms with Gasteiger partial charge < -0.3 is 10.5 Å². The number of benzene rings is 2. The van der Waals surface area contributed by atoms with Gasteiger partial charge in [-0.15, -0.1) is 0 Å². The quantitative estimate of drug-likeness (QED) is 0.664. The zero-order valence-corrected chi connectivity index (χ0v) is 11.5. The lowest BCUT2D eigenvalue weighted by atomic mass is 10.1. The Morgan fingerprint density at radius 1 is 1.11 bits per heavy atom. The topological polar surface area (TPSA) is 59.1 Å². The minimum atomic E-state index is 0.0466. The summed E-state index contributed by atoms with van der Waals surface area (Å²) in [5.74, 6) is 0.593. The van der Waals surface area contributed by atoms with E-state index in [1.807, 2.05) is 12.1 Å². The molecule has 0 fully saturated rings. The highest BCUT2D eigenvalue weighted by Gasteiger charge is 2.03. The van der Waals surface area contributed by atoms with Crippen molar-refractivity contribution in [2.45, 2.75) is 6.61 Å². The van der Waals surface area contributed by atoms with Crippen LogP contribution in [0.4, 0.5) is 0 Å². The summed E-state index contributed by atoms with van der Waals surface area (Å²) in [5.41, 5.74) is 7.03. The molecular formula is C14H12Cl2N2O. The first-order chi connectivity index (χ1) is 9.06. The third-order valence-corrected chi connectivity index (χ3v) is 3.10. The Balaban J connectivity index is 2.06. The van der Waals surface area contributed by atoms with Crippen molar-refractivity contribution in [1.82, 2.24) is 0 Å². The summed E-state index contributed by atoms with van der Waals surface area (Å²) in [7, 11) is 0. The summed E-state index contributed by atoms with van der Waals surface area (Å²) in [6.07, 6.45) is 0. The van der Waals surface area contributed by atoms with Gasteiger partial charge in [-0.25, -0.2) is 0 Å². The number of hydrogen-bond acceptors (Lipinski definition) is 2. The van der Waals surface area contributed by atoms with Crippen molar-refractivity contribution in [1.29, 1.82) is 5.41 Å². The van der Waals surface area contributed by atoms with Crippen molar-refractivity contribution in [2.24, 2.45) is 5.73 Å². The van der Waals surface area contributed by atoms with Gasteiger partial charge in [0.05, 0.1) is 5.02 Å². The van der Waals surface area contributed by atoms with Gasteiger partial charge in [0.25, 0.3) is 0 Å². The Bertz CT molecular complexity index is 597. The van der Waals surface area contributed by atoms with Gasteiger partial charge in [-0.05, 0) is 17.7 Å². The number of nitrogen functional groups attached to an aromatic ring is 1. The third-order valence-electron chi connectivity index (χ3n) is 2.55. The highest BCUT2D eigenvalue weighted by molar-refractivity contribution is 6.34. The van der Waals surface area contributed by atoms with Gasteiger partial charge in [0.1, 0.15) is 18.2 Å². The molecule has 0 bridgehead atoms. The highest BCUT2D eigenvalue weighted by Crippen LogP contribution is 2.28. The molecule has 0 amide bonds. The van der Waals surface area contributed by atoms with Gasteiger partial charge in [-0.1, -0.05) is 47.5 Å². The molecule has 2 aromatic rings. The fourth-order valence-electron chi connectivity index (χ4n) is 1.53. The molecule has 0 aromatic heterocycles. The predicted molar refractivity (Wildman–Crippen MR) is 78.3 cm³/mol. The van der Waals surface area contributed by atoms with Gasteiger partial charge in [0, 0.05) is 16.7 Å². The van der Waals surface area contributed by atoms with E-state index < -0.39 is 0 Å². The van der Waals surface area contributed by atoms with Crippen LogP contribution < -0.4 is 10.5 Å². The van der Waals surface area contributed by atoms with Crippen LogP contribution in [0.1, 0.15) is 11.1 Å². The lowest BCUT2D eigenvalue weighted by Gasteiger charge is -2.09. The maximum Gasteiger partial charge on any atom is 0.139 e. The van der Waals surface area contributed by atoms with Crippen LogP contribution in [0.25, 0.3) is 0 Å². The van der Waals surface area contributed by atoms with E-state index in [4.69, 9.17) is 39.1 Å². The molecular weight excluding hydrogens is 283 g/mol. The number of ether oxygens (including phenoxy) is 1. The van der Waals surface area contributed by atoms with Crippen LogP contribution in [0.5, 0.6) is 5.75 Å². The van der Waals surface area contributed by atoms with E-state index in [-0.39, 0.29) is 5.84 Å². The number of nitrogens with one attached hydrogen (secondary N) is 1. The monoisotopic (exact) mass is 294 g/mol. The van der Waals surface area contributed by atoms with Crippen LogP contribution >= 0.6 is 23.2 Å². The summed E-state index contributed by atoms with van der Waals surface area (Å²) >= 11 is 11.9. The summed E-state index contributed by atoms with van der Waals surface area (Å²) in [5, 5.41) is 8.40. The van der Waals surface area contributed by atoms with Crippen LogP contribution in [0, 0.1) is 5.41 Å². The molecule has 2 aromatic carbocycles. The number of hydrogen-bond donors (Lipinski definition) is 2. The van der Waals surface area contributed by atoms with Gasteiger partial charge in [0.15, 0.2) is 0 Å². The van der Waals surface area contributed by atoms with E-state index in [9.17, 15) is 0 Å². The van der Waals surface area contributed by atoms with Crippen molar-refractivity contribution in [3.63, 3.8) is 0 Å². The first-order valence-electron chi connectivity index (χ1n) is 5.57. The Morgan fingerprint density at radius 3 is 2.42 bits per heavy atom. The molecule has 0 radical (unpaired) electrons. The van der Waals surface area contributed by atoms with Crippen molar-refractivity contribution >= 4 is 29.0 Å². The Kier molecular flexibility index (Phi) is 4.30. The molecule has 0 unspecified atom stereocenters. The zero-order chi connectivity index (χ0) is 13.8. The summed E-state index contributed by atoms with van der Waals surface area (Å²) in [6, 6.07) is 12.3. The number of rotatable bonds is 4. The molecule has 0 saturated heterocycles. The van der Waals surface area contributed by atoms with Gasteiger partial charge >= 0.3 is 0 Å². The summed E-state index contributed by atoms with van der Waals surface area (Å²) in [6.45, 7) is 0.373. The number of halogens is 2. The molecule has 5 heteroatoms. The Labute approximate surface area is 121 Å². The maximum atomic E-state index is 7.31. The molecule has 0 aliphatic rings. The van der Waals surface area contributed by atoms with Crippen molar-refractivity contribution in [2.75, 3.05) is 0 Å². The van der Waals surface area contributed by atoms with Crippen LogP contribution in [0.3, 0.4) is 0 Å². The zero-order valence-electron chi connectivity index (χ0n) is 9.99. The molecule has 98 valence electrons. The first kappa shape index (κ1) is 13.7. The van der Waals surface area contributed by atoms with Crippen molar-refractivity contribution in [3.05, 3.63) is 63.6 Å². The SMILES string of the molecule is N=C(N)c1ccc(COc2cc(Cl)ccc2Cl)cc1. The minimum Gasteiger partial charge on any atom is -0.487 e. The van der Waals surface area contributed by atoms with Crippen LogP contribution in [-0.4, -0.2) is 5.84 Å². The van der Waals surface area contributed by atoms with E-state index in [1.54, 1.807) is 30.3 Å². The molecule has 3 nitrogen and oxygen atoms in total. The van der Waals surface area contributed by atoms with Gasteiger partial charge in [0.2, 0.25) is 0 Å². The highest BCUT2D eigenvalue weighted by atomic mass is 35.5. The van der Waals surface area contributed by atoms with E-state index in [0.717, 1.165) is 5.56 Å². The van der Waals surface area contributed by atoms with Crippen LogP contribution in [-0.2, 0) is 6.61 Å². The second kappa shape index (κ2) is 5.95. The number of amidine groups is 1. The minimum absolute atomic E-state index is 0.0466. The lowest BCUT2D eigenvalue weighted by molar-refractivity contribution is 0.306. The van der Waals surface area contributed by atoms with Crippen molar-refractivity contribution in [3.8, 4) is 5.75 Å². The Morgan fingerprint density at radius 2 is 1.79 bits per heavy atom. The van der Waals surface area contributed by atoms with E-state index >= 15 is 0 Å². The normalized spacial score (nSPS) is 10.2. The van der Waals surface area contributed by atoms with Crippen LogP contribution in [0.2, 0.25) is 10.0 Å². The average molecular weight is 295 g/mol. The number of nitrogens with two attached hydrogens (primary N) is 1. The van der Waals surface area contributed by atoms with Gasteiger partial charge in [-0.3, -0.25) is 5.41 Å². The predicted octanol–water partition coefficient (Wildman–Crippen LogP) is 3.86. The van der Waals surface area contributed by atoms with Crippen molar-refractivity contribution < 1.29 is 4.74 Å².